The van der Waals surface area contributed by atoms with Crippen LogP contribution in [0, 0.1) is 0 Å². The number of hydrogen-bond donors (Lipinski definition) is 1. The van der Waals surface area contributed by atoms with Gasteiger partial charge in [-0.15, -0.1) is 0 Å². The van der Waals surface area contributed by atoms with E-state index in [1.165, 1.54) is 4.31 Å². The topological polar surface area (TPSA) is 72.6 Å². The summed E-state index contributed by atoms with van der Waals surface area (Å²) >= 11 is 0. The molecule has 1 aliphatic heterocycles. The third-order valence-electron chi connectivity index (χ3n) is 2.44. The van der Waals surface area contributed by atoms with E-state index >= 15 is 0 Å². The van der Waals surface area contributed by atoms with Crippen molar-refractivity contribution in [3.8, 4) is 0 Å². The van der Waals surface area contributed by atoms with Crippen LogP contribution in [-0.4, -0.2) is 33.9 Å². The quantitative estimate of drug-likeness (QED) is 0.725. The monoisotopic (exact) mass is 242 g/mol. The zero-order chi connectivity index (χ0) is 11.6. The first-order chi connectivity index (χ1) is 7.59. The van der Waals surface area contributed by atoms with Gasteiger partial charge in [0, 0.05) is 5.69 Å². The molecule has 1 aliphatic rings. The number of anilines is 2. The summed E-state index contributed by atoms with van der Waals surface area (Å²) in [6, 6.07) is 6.80. The lowest BCUT2D eigenvalue weighted by atomic mass is 10.3. The molecule has 0 aromatic heterocycles. The van der Waals surface area contributed by atoms with Crippen molar-refractivity contribution in [2.75, 3.05) is 35.6 Å². The Kier molecular flexibility index (Phi) is 3.02. The number of benzene rings is 1. The Balaban J connectivity index is 2.33. The summed E-state index contributed by atoms with van der Waals surface area (Å²) < 4.78 is 30.3. The number of ether oxygens (including phenoxy) is 1. The molecule has 5 nitrogen and oxygen atoms in total. The highest BCUT2D eigenvalue weighted by atomic mass is 32.2. The van der Waals surface area contributed by atoms with Crippen LogP contribution >= 0.6 is 0 Å². The van der Waals surface area contributed by atoms with E-state index < -0.39 is 10.0 Å². The van der Waals surface area contributed by atoms with Gasteiger partial charge in [-0.2, -0.15) is 0 Å². The van der Waals surface area contributed by atoms with Crippen LogP contribution in [0.5, 0.6) is 0 Å². The Hall–Kier alpha value is -1.27. The van der Waals surface area contributed by atoms with E-state index in [1.54, 1.807) is 24.3 Å². The summed E-state index contributed by atoms with van der Waals surface area (Å²) in [6.45, 7) is 1.03. The van der Waals surface area contributed by atoms with Crippen molar-refractivity contribution < 1.29 is 13.2 Å². The van der Waals surface area contributed by atoms with E-state index in [0.29, 0.717) is 24.5 Å². The van der Waals surface area contributed by atoms with Gasteiger partial charge in [0.05, 0.1) is 31.2 Å². The Morgan fingerprint density at radius 1 is 1.19 bits per heavy atom. The molecule has 0 aliphatic carbocycles. The smallest absolute Gasteiger partial charge is 0.237 e. The summed E-state index contributed by atoms with van der Waals surface area (Å²) in [5.41, 5.74) is 6.82. The maximum Gasteiger partial charge on any atom is 0.237 e. The fourth-order valence-electron chi connectivity index (χ4n) is 1.59. The van der Waals surface area contributed by atoms with Crippen LogP contribution in [0.2, 0.25) is 0 Å². The number of rotatable bonds is 1. The van der Waals surface area contributed by atoms with Gasteiger partial charge in [0.2, 0.25) is 10.0 Å². The van der Waals surface area contributed by atoms with Crippen LogP contribution in [0.1, 0.15) is 0 Å². The first-order valence-electron chi connectivity index (χ1n) is 5.03. The van der Waals surface area contributed by atoms with Crippen LogP contribution < -0.4 is 10.0 Å². The van der Waals surface area contributed by atoms with Gasteiger partial charge in [-0.25, -0.2) is 8.42 Å². The zero-order valence-electron chi connectivity index (χ0n) is 8.80. The molecule has 0 spiro atoms. The van der Waals surface area contributed by atoms with Crippen molar-refractivity contribution in [2.24, 2.45) is 0 Å². The predicted molar refractivity (Wildman–Crippen MR) is 62.8 cm³/mol. The highest BCUT2D eigenvalue weighted by Crippen LogP contribution is 2.20. The number of nitrogen functional groups attached to an aromatic ring is 1. The molecule has 16 heavy (non-hydrogen) atoms. The van der Waals surface area contributed by atoms with Crippen molar-refractivity contribution in [3.63, 3.8) is 0 Å². The van der Waals surface area contributed by atoms with Crippen molar-refractivity contribution in [3.05, 3.63) is 24.3 Å². The highest BCUT2D eigenvalue weighted by molar-refractivity contribution is 7.92. The Bertz CT molecular complexity index is 455. The SMILES string of the molecule is Nc1ccc(N2CCOCCS2(=O)=O)cc1. The lowest BCUT2D eigenvalue weighted by molar-refractivity contribution is 0.162. The minimum Gasteiger partial charge on any atom is -0.399 e. The number of hydrogen-bond acceptors (Lipinski definition) is 4. The first-order valence-corrected chi connectivity index (χ1v) is 6.64. The molecule has 0 saturated carbocycles. The van der Waals surface area contributed by atoms with Crippen molar-refractivity contribution in [1.82, 2.24) is 0 Å². The molecule has 0 radical (unpaired) electrons. The summed E-state index contributed by atoms with van der Waals surface area (Å²) in [5.74, 6) is 0.0252. The molecule has 2 N–H and O–H groups in total. The van der Waals surface area contributed by atoms with Crippen molar-refractivity contribution >= 4 is 21.4 Å². The minimum absolute atomic E-state index is 0.0252. The van der Waals surface area contributed by atoms with Crippen LogP contribution in [0.25, 0.3) is 0 Å². The van der Waals surface area contributed by atoms with Gasteiger partial charge >= 0.3 is 0 Å². The number of sulfonamides is 1. The van der Waals surface area contributed by atoms with Gasteiger partial charge in [0.1, 0.15) is 0 Å². The molecule has 1 heterocycles. The van der Waals surface area contributed by atoms with Gasteiger partial charge in [-0.1, -0.05) is 0 Å². The van der Waals surface area contributed by atoms with Crippen LogP contribution in [0.4, 0.5) is 11.4 Å². The Labute approximate surface area is 94.9 Å². The molecule has 2 rings (SSSR count). The number of nitrogens with two attached hydrogens (primary N) is 1. The Morgan fingerprint density at radius 3 is 2.56 bits per heavy atom. The minimum atomic E-state index is -3.26. The standard InChI is InChI=1S/C10H14N2O3S/c11-9-1-3-10(4-2-9)12-5-6-15-7-8-16(12,13)14/h1-4H,5-8,11H2. The molecule has 1 saturated heterocycles. The molecule has 0 unspecified atom stereocenters. The van der Waals surface area contributed by atoms with Gasteiger partial charge in [0.25, 0.3) is 0 Å². The van der Waals surface area contributed by atoms with E-state index in [4.69, 9.17) is 10.5 Å². The lowest BCUT2D eigenvalue weighted by Gasteiger charge is -2.21. The predicted octanol–water partition coefficient (Wildman–Crippen LogP) is 0.435. The van der Waals surface area contributed by atoms with Crippen LogP contribution in [0.15, 0.2) is 24.3 Å². The fourth-order valence-corrected chi connectivity index (χ4v) is 2.94. The van der Waals surface area contributed by atoms with Gasteiger partial charge in [-0.05, 0) is 24.3 Å². The molecular formula is C10H14N2O3S. The molecule has 0 amide bonds. The van der Waals surface area contributed by atoms with Gasteiger partial charge < -0.3 is 10.5 Å². The largest absolute Gasteiger partial charge is 0.399 e. The van der Waals surface area contributed by atoms with E-state index in [-0.39, 0.29) is 12.4 Å². The van der Waals surface area contributed by atoms with Gasteiger partial charge in [-0.3, -0.25) is 4.31 Å². The Morgan fingerprint density at radius 2 is 1.88 bits per heavy atom. The molecular weight excluding hydrogens is 228 g/mol. The van der Waals surface area contributed by atoms with E-state index in [0.717, 1.165) is 0 Å². The van der Waals surface area contributed by atoms with E-state index in [1.807, 2.05) is 0 Å². The second-order valence-corrected chi connectivity index (χ2v) is 5.60. The fraction of sp³-hybridized carbons (Fsp3) is 0.400. The molecule has 1 aromatic carbocycles. The molecule has 1 aromatic rings. The first kappa shape index (κ1) is 11.2. The van der Waals surface area contributed by atoms with Gasteiger partial charge in [0.15, 0.2) is 0 Å². The average molecular weight is 242 g/mol. The van der Waals surface area contributed by atoms with E-state index in [9.17, 15) is 8.42 Å². The number of nitrogens with zero attached hydrogens (tertiary/aromatic N) is 1. The van der Waals surface area contributed by atoms with E-state index in [2.05, 4.69) is 0 Å². The third-order valence-corrected chi connectivity index (χ3v) is 4.19. The second kappa shape index (κ2) is 4.31. The maximum atomic E-state index is 11.9. The molecule has 88 valence electrons. The van der Waals surface area contributed by atoms with Crippen molar-refractivity contribution in [2.45, 2.75) is 0 Å². The second-order valence-electron chi connectivity index (χ2n) is 3.59. The van der Waals surface area contributed by atoms with Crippen LogP contribution in [-0.2, 0) is 14.8 Å². The zero-order valence-corrected chi connectivity index (χ0v) is 9.61. The highest BCUT2D eigenvalue weighted by Gasteiger charge is 2.24. The summed E-state index contributed by atoms with van der Waals surface area (Å²) in [5, 5.41) is 0. The molecule has 1 fully saturated rings. The normalized spacial score (nSPS) is 20.4. The molecule has 6 heteroatoms. The van der Waals surface area contributed by atoms with Crippen LogP contribution in [0.3, 0.4) is 0 Å². The molecule has 0 bridgehead atoms. The summed E-state index contributed by atoms with van der Waals surface area (Å²) in [6.07, 6.45) is 0. The lowest BCUT2D eigenvalue weighted by Crippen LogP contribution is -2.33. The third kappa shape index (κ3) is 2.28. The summed E-state index contributed by atoms with van der Waals surface area (Å²) in [4.78, 5) is 0. The van der Waals surface area contributed by atoms with Crippen molar-refractivity contribution in [1.29, 1.82) is 0 Å². The maximum absolute atomic E-state index is 11.9. The molecule has 0 atom stereocenters. The summed E-state index contributed by atoms with van der Waals surface area (Å²) in [7, 11) is -3.26. The average Bonchev–Trinajstić information content (AvgIpc) is 2.41.